The predicted molar refractivity (Wildman–Crippen MR) is 68.9 cm³/mol. The number of nitrogens with one attached hydrogen (secondary N) is 1. The van der Waals surface area contributed by atoms with E-state index in [4.69, 9.17) is 5.73 Å². The zero-order chi connectivity index (χ0) is 12.3. The molecule has 1 aromatic heterocycles. The largest absolute Gasteiger partial charge is 0.382 e. The summed E-state index contributed by atoms with van der Waals surface area (Å²) in [4.78, 5) is 11.8. The van der Waals surface area contributed by atoms with Crippen molar-refractivity contribution < 1.29 is 4.79 Å². The fourth-order valence-corrected chi connectivity index (χ4v) is 2.73. The second kappa shape index (κ2) is 4.91. The maximum absolute atomic E-state index is 11.8. The van der Waals surface area contributed by atoms with E-state index < -0.39 is 0 Å². The van der Waals surface area contributed by atoms with Gasteiger partial charge in [0, 0.05) is 11.3 Å². The van der Waals surface area contributed by atoms with Gasteiger partial charge in [0.05, 0.1) is 0 Å². The molecule has 1 aliphatic carbocycles. The molecule has 1 heterocycles. The van der Waals surface area contributed by atoms with Crippen LogP contribution in [0.1, 0.15) is 29.8 Å². The molecule has 5 nitrogen and oxygen atoms in total. The summed E-state index contributed by atoms with van der Waals surface area (Å²) in [5.74, 6) is 0.138. The van der Waals surface area contributed by atoms with Gasteiger partial charge in [-0.2, -0.15) is 11.8 Å². The first-order chi connectivity index (χ1) is 8.15. The number of hydrogen-bond donors (Lipinski definition) is 2. The molecule has 6 heteroatoms. The molecule has 92 valence electrons. The van der Waals surface area contributed by atoms with Gasteiger partial charge in [0.1, 0.15) is 5.82 Å². The van der Waals surface area contributed by atoms with Gasteiger partial charge in [-0.25, -0.2) is 0 Å². The number of amides is 1. The van der Waals surface area contributed by atoms with E-state index in [0.29, 0.717) is 18.1 Å². The summed E-state index contributed by atoms with van der Waals surface area (Å²) in [5.41, 5.74) is 5.73. The minimum absolute atomic E-state index is 0.183. The Balaban J connectivity index is 1.91. The van der Waals surface area contributed by atoms with Crippen molar-refractivity contribution in [1.29, 1.82) is 0 Å². The Morgan fingerprint density at radius 3 is 2.76 bits per heavy atom. The summed E-state index contributed by atoms with van der Waals surface area (Å²) in [6, 6.07) is 3.17. The van der Waals surface area contributed by atoms with E-state index in [1.165, 1.54) is 19.3 Å². The zero-order valence-corrected chi connectivity index (χ0v) is 10.6. The molecular formula is C11H16N4OS. The SMILES string of the molecule is CSC1(CNC(=O)c2ccc(N)nn2)CCC1. The van der Waals surface area contributed by atoms with Gasteiger partial charge in [-0.1, -0.05) is 6.42 Å². The Morgan fingerprint density at radius 2 is 2.29 bits per heavy atom. The fourth-order valence-electron chi connectivity index (χ4n) is 1.82. The van der Waals surface area contributed by atoms with E-state index >= 15 is 0 Å². The topological polar surface area (TPSA) is 80.9 Å². The highest BCUT2D eigenvalue weighted by atomic mass is 32.2. The van der Waals surface area contributed by atoms with Crippen molar-refractivity contribution in [3.8, 4) is 0 Å². The molecular weight excluding hydrogens is 236 g/mol. The van der Waals surface area contributed by atoms with Crippen molar-refractivity contribution in [3.05, 3.63) is 17.8 Å². The number of nitrogens with zero attached hydrogens (tertiary/aromatic N) is 2. The molecule has 1 saturated carbocycles. The monoisotopic (exact) mass is 252 g/mol. The number of aromatic nitrogens is 2. The van der Waals surface area contributed by atoms with Gasteiger partial charge >= 0.3 is 0 Å². The van der Waals surface area contributed by atoms with Gasteiger partial charge in [0.15, 0.2) is 5.69 Å². The van der Waals surface area contributed by atoms with E-state index in [1.54, 1.807) is 12.1 Å². The predicted octanol–water partition coefficient (Wildman–Crippen LogP) is 1.07. The first kappa shape index (κ1) is 12.2. The van der Waals surface area contributed by atoms with Gasteiger partial charge in [-0.05, 0) is 31.2 Å². The Morgan fingerprint density at radius 1 is 1.53 bits per heavy atom. The summed E-state index contributed by atoms with van der Waals surface area (Å²) >= 11 is 1.83. The molecule has 3 N–H and O–H groups in total. The average molecular weight is 252 g/mol. The highest BCUT2D eigenvalue weighted by Crippen LogP contribution is 2.42. The summed E-state index contributed by atoms with van der Waals surface area (Å²) in [6.45, 7) is 0.694. The standard InChI is InChI=1S/C11H16N4OS/c1-17-11(5-2-6-11)7-13-10(16)8-3-4-9(12)15-14-8/h3-4H,2,5-7H2,1H3,(H2,12,15)(H,13,16). The number of anilines is 1. The fraction of sp³-hybridized carbons (Fsp3) is 0.545. The molecule has 1 aromatic rings. The molecule has 0 atom stereocenters. The van der Waals surface area contributed by atoms with E-state index in [0.717, 1.165) is 0 Å². The number of carbonyl (C=O) groups is 1. The minimum Gasteiger partial charge on any atom is -0.382 e. The molecule has 0 radical (unpaired) electrons. The van der Waals surface area contributed by atoms with Crippen LogP contribution in [0.25, 0.3) is 0 Å². The first-order valence-corrected chi connectivity index (χ1v) is 6.80. The molecule has 1 fully saturated rings. The average Bonchev–Trinajstić information content (AvgIpc) is 2.29. The van der Waals surface area contributed by atoms with Gasteiger partial charge in [0.25, 0.3) is 5.91 Å². The lowest BCUT2D eigenvalue weighted by molar-refractivity contribution is 0.0938. The number of thioether (sulfide) groups is 1. The van der Waals surface area contributed by atoms with Crippen LogP contribution in [0.3, 0.4) is 0 Å². The van der Waals surface area contributed by atoms with Crippen LogP contribution in [0.4, 0.5) is 5.82 Å². The third kappa shape index (κ3) is 2.69. The minimum atomic E-state index is -0.183. The van der Waals surface area contributed by atoms with Crippen molar-refractivity contribution in [2.75, 3.05) is 18.5 Å². The van der Waals surface area contributed by atoms with Gasteiger partial charge in [-0.15, -0.1) is 10.2 Å². The molecule has 0 saturated heterocycles. The van der Waals surface area contributed by atoms with Crippen LogP contribution in [-0.4, -0.2) is 33.7 Å². The molecule has 0 bridgehead atoms. The lowest BCUT2D eigenvalue weighted by atomic mass is 9.84. The van der Waals surface area contributed by atoms with Gasteiger partial charge in [0.2, 0.25) is 0 Å². The Kier molecular flexibility index (Phi) is 3.51. The molecule has 1 amide bonds. The summed E-state index contributed by atoms with van der Waals surface area (Å²) < 4.78 is 0.233. The van der Waals surface area contributed by atoms with E-state index in [1.807, 2.05) is 11.8 Å². The maximum atomic E-state index is 11.8. The first-order valence-electron chi connectivity index (χ1n) is 5.58. The van der Waals surface area contributed by atoms with Gasteiger partial charge in [-0.3, -0.25) is 4.79 Å². The van der Waals surface area contributed by atoms with Crippen molar-refractivity contribution in [3.63, 3.8) is 0 Å². The van der Waals surface area contributed by atoms with Crippen molar-refractivity contribution in [2.24, 2.45) is 0 Å². The highest BCUT2D eigenvalue weighted by molar-refractivity contribution is 8.00. The lowest BCUT2D eigenvalue weighted by Gasteiger charge is -2.40. The van der Waals surface area contributed by atoms with Crippen molar-refractivity contribution in [1.82, 2.24) is 15.5 Å². The molecule has 0 spiro atoms. The number of rotatable bonds is 4. The van der Waals surface area contributed by atoms with Crippen LogP contribution in [0.15, 0.2) is 12.1 Å². The third-order valence-corrected chi connectivity index (χ3v) is 4.61. The van der Waals surface area contributed by atoms with Crippen LogP contribution in [-0.2, 0) is 0 Å². The zero-order valence-electron chi connectivity index (χ0n) is 9.77. The Bertz CT molecular complexity index is 397. The number of carbonyl (C=O) groups excluding carboxylic acids is 1. The van der Waals surface area contributed by atoms with Crippen LogP contribution in [0, 0.1) is 0 Å². The quantitative estimate of drug-likeness (QED) is 0.838. The van der Waals surface area contributed by atoms with Crippen molar-refractivity contribution in [2.45, 2.75) is 24.0 Å². The molecule has 0 unspecified atom stereocenters. The molecule has 1 aliphatic rings. The Hall–Kier alpha value is -1.30. The van der Waals surface area contributed by atoms with Crippen LogP contribution in [0.5, 0.6) is 0 Å². The summed E-state index contributed by atoms with van der Waals surface area (Å²) in [7, 11) is 0. The Labute approximate surface area is 105 Å². The van der Waals surface area contributed by atoms with Crippen molar-refractivity contribution >= 4 is 23.5 Å². The van der Waals surface area contributed by atoms with Crippen LogP contribution >= 0.6 is 11.8 Å². The van der Waals surface area contributed by atoms with E-state index in [-0.39, 0.29) is 10.7 Å². The third-order valence-electron chi connectivity index (χ3n) is 3.19. The normalized spacial score (nSPS) is 17.2. The molecule has 17 heavy (non-hydrogen) atoms. The summed E-state index contributed by atoms with van der Waals surface area (Å²) in [5, 5.41) is 10.3. The van der Waals surface area contributed by atoms with Crippen LogP contribution < -0.4 is 11.1 Å². The number of nitrogen functional groups attached to an aromatic ring is 1. The second-order valence-corrected chi connectivity index (χ2v) is 5.54. The summed E-state index contributed by atoms with van der Waals surface area (Å²) in [6.07, 6.45) is 5.68. The molecule has 2 rings (SSSR count). The lowest BCUT2D eigenvalue weighted by Crippen LogP contribution is -2.45. The smallest absolute Gasteiger partial charge is 0.271 e. The number of hydrogen-bond acceptors (Lipinski definition) is 5. The van der Waals surface area contributed by atoms with E-state index in [2.05, 4.69) is 21.8 Å². The van der Waals surface area contributed by atoms with Crippen LogP contribution in [0.2, 0.25) is 0 Å². The second-order valence-electron chi connectivity index (χ2n) is 4.27. The molecule has 0 aromatic carbocycles. The highest BCUT2D eigenvalue weighted by Gasteiger charge is 2.36. The molecule has 0 aliphatic heterocycles. The number of nitrogens with two attached hydrogens (primary N) is 1. The van der Waals surface area contributed by atoms with E-state index in [9.17, 15) is 4.79 Å². The maximum Gasteiger partial charge on any atom is 0.271 e. The van der Waals surface area contributed by atoms with Gasteiger partial charge < -0.3 is 11.1 Å².